The molecule has 0 saturated heterocycles. The van der Waals surface area contributed by atoms with Crippen LogP contribution in [-0.2, 0) is 5.41 Å². The summed E-state index contributed by atoms with van der Waals surface area (Å²) in [7, 11) is 0. The van der Waals surface area contributed by atoms with Crippen molar-refractivity contribution in [2.24, 2.45) is 0 Å². The lowest BCUT2D eigenvalue weighted by Crippen LogP contribution is -2.24. The molecule has 0 aliphatic rings. The molecule has 20 heavy (non-hydrogen) atoms. The summed E-state index contributed by atoms with van der Waals surface area (Å²) in [6, 6.07) is 18.1. The molecule has 2 rings (SSSR count). The Morgan fingerprint density at radius 2 is 1.65 bits per heavy atom. The summed E-state index contributed by atoms with van der Waals surface area (Å²) in [5.41, 5.74) is 0.944. The van der Waals surface area contributed by atoms with Gasteiger partial charge in [-0.15, -0.1) is 0 Å². The highest BCUT2D eigenvalue weighted by Gasteiger charge is 2.32. The van der Waals surface area contributed by atoms with Crippen LogP contribution >= 0.6 is 0 Å². The third-order valence-corrected chi connectivity index (χ3v) is 3.56. The number of non-ortho nitro benzene ring substituents is 1. The van der Waals surface area contributed by atoms with Crippen LogP contribution in [0.2, 0.25) is 0 Å². The Kier molecular flexibility index (Phi) is 3.81. The number of hydrogen-bond donors (Lipinski definition) is 0. The lowest BCUT2D eigenvalue weighted by Gasteiger charge is -2.26. The number of benzene rings is 2. The predicted octanol–water partition coefficient (Wildman–Crippen LogP) is 3.81. The summed E-state index contributed by atoms with van der Waals surface area (Å²) in [4.78, 5) is 10.3. The Balaban J connectivity index is 2.54. The first kappa shape index (κ1) is 13.8. The maximum absolute atomic E-state index is 10.7. The lowest BCUT2D eigenvalue weighted by atomic mass is 9.74. The van der Waals surface area contributed by atoms with Crippen LogP contribution in [0.5, 0.6) is 0 Å². The molecule has 0 unspecified atom stereocenters. The van der Waals surface area contributed by atoms with Crippen molar-refractivity contribution in [3.05, 3.63) is 75.8 Å². The van der Waals surface area contributed by atoms with Crippen molar-refractivity contribution in [2.75, 3.05) is 0 Å². The lowest BCUT2D eigenvalue weighted by molar-refractivity contribution is -0.384. The molecule has 4 nitrogen and oxygen atoms in total. The monoisotopic (exact) mass is 266 g/mol. The summed E-state index contributed by atoms with van der Waals surface area (Å²) < 4.78 is 0. The van der Waals surface area contributed by atoms with Gasteiger partial charge in [-0.05, 0) is 17.5 Å². The van der Waals surface area contributed by atoms with Crippen molar-refractivity contribution >= 4 is 5.69 Å². The van der Waals surface area contributed by atoms with Gasteiger partial charge in [0.15, 0.2) is 0 Å². The topological polar surface area (TPSA) is 66.9 Å². The fraction of sp³-hybridized carbons (Fsp3) is 0.188. The van der Waals surface area contributed by atoms with Crippen LogP contribution in [0.15, 0.2) is 54.6 Å². The Morgan fingerprint density at radius 1 is 1.10 bits per heavy atom. The fourth-order valence-electron chi connectivity index (χ4n) is 2.37. The van der Waals surface area contributed by atoms with Gasteiger partial charge in [-0.3, -0.25) is 10.1 Å². The Bertz CT molecular complexity index is 644. The molecule has 2 aromatic rings. The normalized spacial score (nSPS) is 13.2. The smallest absolute Gasteiger partial charge is 0.258 e. The predicted molar refractivity (Wildman–Crippen MR) is 76.2 cm³/mol. The van der Waals surface area contributed by atoms with Crippen LogP contribution in [0.4, 0.5) is 5.69 Å². The number of nitrogens with zero attached hydrogens (tertiary/aromatic N) is 2. The van der Waals surface area contributed by atoms with Crippen molar-refractivity contribution in [2.45, 2.75) is 18.8 Å². The molecule has 0 heterocycles. The van der Waals surface area contributed by atoms with Gasteiger partial charge in [-0.1, -0.05) is 49.4 Å². The van der Waals surface area contributed by atoms with Gasteiger partial charge in [0.2, 0.25) is 0 Å². The quantitative estimate of drug-likeness (QED) is 0.624. The van der Waals surface area contributed by atoms with E-state index >= 15 is 0 Å². The van der Waals surface area contributed by atoms with Gasteiger partial charge in [0.05, 0.1) is 11.0 Å². The number of hydrogen-bond acceptors (Lipinski definition) is 3. The van der Waals surface area contributed by atoms with E-state index in [2.05, 4.69) is 6.07 Å². The second-order valence-corrected chi connectivity index (χ2v) is 4.54. The molecule has 0 N–H and O–H groups in total. The molecule has 0 saturated carbocycles. The third kappa shape index (κ3) is 2.26. The van der Waals surface area contributed by atoms with E-state index in [1.54, 1.807) is 12.1 Å². The Morgan fingerprint density at radius 3 is 2.10 bits per heavy atom. The van der Waals surface area contributed by atoms with Crippen LogP contribution in [0.1, 0.15) is 24.5 Å². The maximum Gasteiger partial charge on any atom is 0.269 e. The number of nitro groups is 1. The second-order valence-electron chi connectivity index (χ2n) is 4.54. The van der Waals surface area contributed by atoms with Crippen LogP contribution in [0.3, 0.4) is 0 Å². The van der Waals surface area contributed by atoms with Crippen LogP contribution in [-0.4, -0.2) is 4.92 Å². The van der Waals surface area contributed by atoms with Gasteiger partial charge in [-0.2, -0.15) is 5.26 Å². The number of rotatable bonds is 4. The molecule has 0 aromatic heterocycles. The van der Waals surface area contributed by atoms with Gasteiger partial charge in [0.25, 0.3) is 5.69 Å². The zero-order valence-electron chi connectivity index (χ0n) is 11.1. The van der Waals surface area contributed by atoms with E-state index in [0.717, 1.165) is 11.1 Å². The molecule has 0 aliphatic heterocycles. The van der Waals surface area contributed by atoms with Crippen LogP contribution in [0.25, 0.3) is 0 Å². The van der Waals surface area contributed by atoms with E-state index < -0.39 is 10.3 Å². The van der Waals surface area contributed by atoms with Crippen molar-refractivity contribution in [1.82, 2.24) is 0 Å². The van der Waals surface area contributed by atoms with Gasteiger partial charge >= 0.3 is 0 Å². The number of nitriles is 1. The molecule has 0 radical (unpaired) electrons. The third-order valence-electron chi connectivity index (χ3n) is 3.56. The minimum atomic E-state index is -0.767. The van der Waals surface area contributed by atoms with Crippen LogP contribution < -0.4 is 0 Å². The van der Waals surface area contributed by atoms with E-state index in [9.17, 15) is 15.4 Å². The fourth-order valence-corrected chi connectivity index (χ4v) is 2.37. The minimum Gasteiger partial charge on any atom is -0.258 e. The molecule has 0 aliphatic carbocycles. The molecule has 100 valence electrons. The van der Waals surface area contributed by atoms with Crippen molar-refractivity contribution in [1.29, 1.82) is 5.26 Å². The Labute approximate surface area is 117 Å². The summed E-state index contributed by atoms with van der Waals surface area (Å²) >= 11 is 0. The molecule has 0 amide bonds. The van der Waals surface area contributed by atoms with E-state index in [-0.39, 0.29) is 5.69 Å². The molecule has 1 atom stereocenters. The average Bonchev–Trinajstić information content (AvgIpc) is 2.51. The highest BCUT2D eigenvalue weighted by molar-refractivity contribution is 5.48. The van der Waals surface area contributed by atoms with Crippen molar-refractivity contribution in [3.63, 3.8) is 0 Å². The standard InChI is InChI=1S/C16H14N2O2/c1-2-16(12-17,13-6-4-3-5-7-13)14-8-10-15(11-9-14)18(19)20/h3-11H,2H2,1H3/t16-/m0/s1. The van der Waals surface area contributed by atoms with Gasteiger partial charge in [0, 0.05) is 12.1 Å². The zero-order chi connectivity index (χ0) is 14.6. The van der Waals surface area contributed by atoms with E-state index in [1.807, 2.05) is 37.3 Å². The van der Waals surface area contributed by atoms with E-state index in [1.165, 1.54) is 12.1 Å². The first-order chi connectivity index (χ1) is 9.64. The largest absolute Gasteiger partial charge is 0.269 e. The molecule has 4 heteroatoms. The van der Waals surface area contributed by atoms with Gasteiger partial charge in [-0.25, -0.2) is 0 Å². The average molecular weight is 266 g/mol. The van der Waals surface area contributed by atoms with Crippen LogP contribution in [0, 0.1) is 21.4 Å². The highest BCUT2D eigenvalue weighted by Crippen LogP contribution is 2.35. The molecule has 0 spiro atoms. The summed E-state index contributed by atoms with van der Waals surface area (Å²) in [6.45, 7) is 1.94. The summed E-state index contributed by atoms with van der Waals surface area (Å²) in [5.74, 6) is 0. The van der Waals surface area contributed by atoms with Crippen molar-refractivity contribution in [3.8, 4) is 6.07 Å². The minimum absolute atomic E-state index is 0.0322. The summed E-state index contributed by atoms with van der Waals surface area (Å²) in [6.07, 6.45) is 0.603. The zero-order valence-corrected chi connectivity index (χ0v) is 11.1. The molecular weight excluding hydrogens is 252 g/mol. The highest BCUT2D eigenvalue weighted by atomic mass is 16.6. The van der Waals surface area contributed by atoms with Gasteiger partial charge in [0.1, 0.15) is 5.41 Å². The number of nitro benzene ring substituents is 1. The van der Waals surface area contributed by atoms with E-state index in [4.69, 9.17) is 0 Å². The molecule has 2 aromatic carbocycles. The first-order valence-corrected chi connectivity index (χ1v) is 6.36. The Hall–Kier alpha value is -2.67. The SMILES string of the molecule is CC[C@](C#N)(c1ccccc1)c1ccc([N+](=O)[O-])cc1. The maximum atomic E-state index is 10.7. The van der Waals surface area contributed by atoms with E-state index in [0.29, 0.717) is 6.42 Å². The molecule has 0 bridgehead atoms. The second kappa shape index (κ2) is 5.54. The molecular formula is C16H14N2O2. The summed E-state index contributed by atoms with van der Waals surface area (Å²) in [5, 5.41) is 20.4. The molecule has 0 fully saturated rings. The first-order valence-electron chi connectivity index (χ1n) is 6.36. The van der Waals surface area contributed by atoms with Crippen molar-refractivity contribution < 1.29 is 4.92 Å². The van der Waals surface area contributed by atoms with Gasteiger partial charge < -0.3 is 0 Å².